The summed E-state index contributed by atoms with van der Waals surface area (Å²) in [6.45, 7) is -0.288. The molecule has 0 unspecified atom stereocenters. The molecule has 0 spiro atoms. The SMILES string of the molecule is O=C(Cc1ccc(F)cc1)N/N=C/c1ccc(OCC(=O)Nc2ccc(F)cc2)c(Cl)c1. The Labute approximate surface area is 187 Å². The number of anilines is 1. The maximum atomic E-state index is 12.9. The van der Waals surface area contributed by atoms with Gasteiger partial charge in [0.15, 0.2) is 6.61 Å². The highest BCUT2D eigenvalue weighted by Crippen LogP contribution is 2.25. The Hall–Kier alpha value is -3.78. The number of benzene rings is 3. The topological polar surface area (TPSA) is 79.8 Å². The quantitative estimate of drug-likeness (QED) is 0.390. The number of halogens is 3. The van der Waals surface area contributed by atoms with E-state index in [4.69, 9.17) is 16.3 Å². The average Bonchev–Trinajstić information content (AvgIpc) is 2.76. The minimum absolute atomic E-state index is 0.0607. The van der Waals surface area contributed by atoms with Gasteiger partial charge in [-0.15, -0.1) is 0 Å². The van der Waals surface area contributed by atoms with E-state index in [1.165, 1.54) is 54.7 Å². The lowest BCUT2D eigenvalue weighted by Crippen LogP contribution is -2.20. The van der Waals surface area contributed by atoms with Gasteiger partial charge in [-0.25, -0.2) is 14.2 Å². The van der Waals surface area contributed by atoms with Gasteiger partial charge in [0.2, 0.25) is 5.91 Å². The minimum atomic E-state index is -0.429. The molecule has 2 N–H and O–H groups in total. The van der Waals surface area contributed by atoms with Crippen LogP contribution in [0.25, 0.3) is 0 Å². The molecule has 0 bridgehead atoms. The highest BCUT2D eigenvalue weighted by atomic mass is 35.5. The number of nitrogens with zero attached hydrogens (tertiary/aromatic N) is 1. The van der Waals surface area contributed by atoms with E-state index >= 15 is 0 Å². The number of nitrogens with one attached hydrogen (secondary N) is 2. The number of hydrogen-bond donors (Lipinski definition) is 2. The summed E-state index contributed by atoms with van der Waals surface area (Å²) in [5.74, 6) is -1.27. The van der Waals surface area contributed by atoms with Crippen LogP contribution in [0.15, 0.2) is 71.8 Å². The molecule has 32 heavy (non-hydrogen) atoms. The number of carbonyl (C=O) groups is 2. The number of hydrazone groups is 1. The standard InChI is InChI=1S/C23H18ClF2N3O3/c24-20-11-16(13-27-29-22(30)12-15-1-4-17(25)5-2-15)3-10-21(20)32-14-23(31)28-19-8-6-18(26)7-9-19/h1-11,13H,12,14H2,(H,28,31)(H,29,30)/b27-13+. The van der Waals surface area contributed by atoms with Crippen LogP contribution in [0.4, 0.5) is 14.5 Å². The van der Waals surface area contributed by atoms with E-state index in [-0.39, 0.29) is 29.8 Å². The largest absolute Gasteiger partial charge is 0.482 e. The van der Waals surface area contributed by atoms with Crippen molar-refractivity contribution in [2.75, 3.05) is 11.9 Å². The van der Waals surface area contributed by atoms with Gasteiger partial charge < -0.3 is 10.1 Å². The molecule has 164 valence electrons. The van der Waals surface area contributed by atoms with E-state index < -0.39 is 11.7 Å². The summed E-state index contributed by atoms with van der Waals surface area (Å²) in [6, 6.07) is 15.7. The van der Waals surface area contributed by atoms with Crippen LogP contribution in [0.2, 0.25) is 5.02 Å². The molecule has 0 atom stereocenters. The zero-order chi connectivity index (χ0) is 22.9. The van der Waals surface area contributed by atoms with E-state index in [1.54, 1.807) is 18.2 Å². The van der Waals surface area contributed by atoms with Crippen LogP contribution >= 0.6 is 11.6 Å². The van der Waals surface area contributed by atoms with Gasteiger partial charge in [-0.05, 0) is 65.7 Å². The van der Waals surface area contributed by atoms with Crippen molar-refractivity contribution >= 4 is 35.3 Å². The maximum absolute atomic E-state index is 12.9. The van der Waals surface area contributed by atoms with E-state index in [0.717, 1.165) is 0 Å². The van der Waals surface area contributed by atoms with Crippen LogP contribution in [0.3, 0.4) is 0 Å². The van der Waals surface area contributed by atoms with E-state index in [1.807, 2.05) is 0 Å². The number of hydrogen-bond acceptors (Lipinski definition) is 4. The van der Waals surface area contributed by atoms with Crippen molar-refractivity contribution in [2.45, 2.75) is 6.42 Å². The van der Waals surface area contributed by atoms with Gasteiger partial charge in [0.1, 0.15) is 17.4 Å². The van der Waals surface area contributed by atoms with E-state index in [0.29, 0.717) is 22.6 Å². The fourth-order valence-electron chi connectivity index (χ4n) is 2.59. The molecule has 0 aromatic heterocycles. The van der Waals surface area contributed by atoms with Gasteiger partial charge >= 0.3 is 0 Å². The fraction of sp³-hybridized carbons (Fsp3) is 0.0870. The normalized spacial score (nSPS) is 10.7. The van der Waals surface area contributed by atoms with Crippen LogP contribution in [0, 0.1) is 11.6 Å². The second-order valence-electron chi connectivity index (χ2n) is 6.63. The summed E-state index contributed by atoms with van der Waals surface area (Å²) in [5.41, 5.74) is 4.08. The predicted molar refractivity (Wildman–Crippen MR) is 118 cm³/mol. The first-order valence-corrected chi connectivity index (χ1v) is 9.81. The molecule has 2 amide bonds. The summed E-state index contributed by atoms with van der Waals surface area (Å²) in [7, 11) is 0. The molecular weight excluding hydrogens is 440 g/mol. The van der Waals surface area contributed by atoms with Gasteiger partial charge in [-0.2, -0.15) is 5.10 Å². The molecule has 0 fully saturated rings. The van der Waals surface area contributed by atoms with Crippen LogP contribution in [0.5, 0.6) is 5.75 Å². The predicted octanol–water partition coefficient (Wildman–Crippen LogP) is 4.33. The first-order chi connectivity index (χ1) is 15.4. The molecule has 3 rings (SSSR count). The van der Waals surface area contributed by atoms with Gasteiger partial charge in [0.25, 0.3) is 5.91 Å². The van der Waals surface area contributed by atoms with Crippen molar-refractivity contribution in [2.24, 2.45) is 5.10 Å². The van der Waals surface area contributed by atoms with Crippen molar-refractivity contribution in [1.29, 1.82) is 0 Å². The molecule has 6 nitrogen and oxygen atoms in total. The Kier molecular flexibility index (Phi) is 7.88. The van der Waals surface area contributed by atoms with Crippen molar-refractivity contribution in [3.05, 3.63) is 94.5 Å². The lowest BCUT2D eigenvalue weighted by atomic mass is 10.1. The van der Waals surface area contributed by atoms with Crippen molar-refractivity contribution in [1.82, 2.24) is 5.43 Å². The van der Waals surface area contributed by atoms with E-state index in [9.17, 15) is 18.4 Å². The van der Waals surface area contributed by atoms with Crippen molar-refractivity contribution < 1.29 is 23.1 Å². The van der Waals surface area contributed by atoms with Crippen molar-refractivity contribution in [3.8, 4) is 5.75 Å². The van der Waals surface area contributed by atoms with E-state index in [2.05, 4.69) is 15.8 Å². The molecule has 0 saturated carbocycles. The summed E-state index contributed by atoms with van der Waals surface area (Å²) in [6.07, 6.45) is 1.46. The molecular formula is C23H18ClF2N3O3. The molecule has 3 aromatic carbocycles. The fourth-order valence-corrected chi connectivity index (χ4v) is 2.84. The Morgan fingerprint density at radius 2 is 1.59 bits per heavy atom. The smallest absolute Gasteiger partial charge is 0.262 e. The zero-order valence-corrected chi connectivity index (χ0v) is 17.4. The number of ether oxygens (including phenoxy) is 1. The lowest BCUT2D eigenvalue weighted by Gasteiger charge is -2.09. The third kappa shape index (κ3) is 7.17. The van der Waals surface area contributed by atoms with Gasteiger partial charge in [-0.3, -0.25) is 9.59 Å². The van der Waals surface area contributed by atoms with Gasteiger partial charge in [0.05, 0.1) is 17.7 Å². The minimum Gasteiger partial charge on any atom is -0.482 e. The second-order valence-corrected chi connectivity index (χ2v) is 7.04. The second kappa shape index (κ2) is 11.0. The summed E-state index contributed by atoms with van der Waals surface area (Å²) < 4.78 is 31.2. The molecule has 0 heterocycles. The molecule has 0 aliphatic rings. The average molecular weight is 458 g/mol. The zero-order valence-electron chi connectivity index (χ0n) is 16.6. The monoisotopic (exact) mass is 457 g/mol. The lowest BCUT2D eigenvalue weighted by molar-refractivity contribution is -0.120. The highest BCUT2D eigenvalue weighted by Gasteiger charge is 2.08. The highest BCUT2D eigenvalue weighted by molar-refractivity contribution is 6.32. The molecule has 0 aliphatic heterocycles. The van der Waals surface area contributed by atoms with Crippen LogP contribution in [-0.2, 0) is 16.0 Å². The third-order valence-corrected chi connectivity index (χ3v) is 4.42. The van der Waals surface area contributed by atoms with Crippen molar-refractivity contribution in [3.63, 3.8) is 0 Å². The Bertz CT molecular complexity index is 1120. The molecule has 9 heteroatoms. The molecule has 0 saturated heterocycles. The van der Waals surface area contributed by atoms with Gasteiger partial charge in [0, 0.05) is 5.69 Å². The van der Waals surface area contributed by atoms with Gasteiger partial charge in [-0.1, -0.05) is 23.7 Å². The van der Waals surface area contributed by atoms with Crippen LogP contribution < -0.4 is 15.5 Å². The first kappa shape index (κ1) is 22.9. The molecule has 3 aromatic rings. The summed E-state index contributed by atoms with van der Waals surface area (Å²) >= 11 is 6.17. The molecule has 0 aliphatic carbocycles. The number of amides is 2. The Morgan fingerprint density at radius 3 is 2.25 bits per heavy atom. The number of carbonyl (C=O) groups excluding carboxylic acids is 2. The summed E-state index contributed by atoms with van der Waals surface area (Å²) in [4.78, 5) is 23.8. The number of rotatable bonds is 8. The molecule has 0 radical (unpaired) electrons. The third-order valence-electron chi connectivity index (χ3n) is 4.12. The maximum Gasteiger partial charge on any atom is 0.262 e. The van der Waals surface area contributed by atoms with Crippen LogP contribution in [-0.4, -0.2) is 24.6 Å². The Morgan fingerprint density at radius 1 is 0.938 bits per heavy atom. The first-order valence-electron chi connectivity index (χ1n) is 9.43. The Balaban J connectivity index is 1.47. The summed E-state index contributed by atoms with van der Waals surface area (Å²) in [5, 5.41) is 6.69. The van der Waals surface area contributed by atoms with Crippen LogP contribution in [0.1, 0.15) is 11.1 Å².